The Labute approximate surface area is 198 Å². The lowest BCUT2D eigenvalue weighted by molar-refractivity contribution is -0.111. The summed E-state index contributed by atoms with van der Waals surface area (Å²) in [6.07, 6.45) is 5.00. The Morgan fingerprint density at radius 1 is 0.818 bits per heavy atom. The van der Waals surface area contributed by atoms with Gasteiger partial charge in [0.2, 0.25) is 0 Å². The van der Waals surface area contributed by atoms with Gasteiger partial charge in [-0.2, -0.15) is 0 Å². The van der Waals surface area contributed by atoms with E-state index >= 15 is 0 Å². The quantitative estimate of drug-likeness (QED) is 0.365. The zero-order valence-electron chi connectivity index (χ0n) is 19.5. The minimum atomic E-state index is -1.98. The standard InChI is InChI=1S/C29H30O3S/c1-29(2,3)33(24-11-7-5-8-12-24,25-13-9-6-10-14-25)32-28-20-19-27(30)26(28)21-22-15-17-23(31-4)18-16-22/h5-21,28H,1-4H3/b26-21+. The van der Waals surface area contributed by atoms with E-state index in [1.54, 1.807) is 13.2 Å². The van der Waals surface area contributed by atoms with Gasteiger partial charge in [0.1, 0.15) is 11.9 Å². The van der Waals surface area contributed by atoms with Gasteiger partial charge in [-0.25, -0.2) is 0 Å². The Morgan fingerprint density at radius 3 is 1.85 bits per heavy atom. The Kier molecular flexibility index (Phi) is 6.59. The van der Waals surface area contributed by atoms with Gasteiger partial charge in [0, 0.05) is 20.1 Å². The summed E-state index contributed by atoms with van der Waals surface area (Å²) in [4.78, 5) is 15.1. The number of hydrogen-bond donors (Lipinski definition) is 0. The summed E-state index contributed by atoms with van der Waals surface area (Å²) in [7, 11) is -0.334. The number of ketones is 1. The van der Waals surface area contributed by atoms with Crippen LogP contribution in [0.4, 0.5) is 0 Å². The van der Waals surface area contributed by atoms with Crippen molar-refractivity contribution >= 4 is 22.2 Å². The van der Waals surface area contributed by atoms with Crippen LogP contribution in [-0.2, 0) is 8.98 Å². The fraction of sp³-hybridized carbons (Fsp3) is 0.207. The summed E-state index contributed by atoms with van der Waals surface area (Å²) in [6, 6.07) is 28.5. The van der Waals surface area contributed by atoms with Crippen molar-refractivity contribution in [2.75, 3.05) is 7.11 Å². The Hall–Kier alpha value is -3.08. The van der Waals surface area contributed by atoms with Gasteiger partial charge in [-0.15, -0.1) is 0 Å². The van der Waals surface area contributed by atoms with Crippen LogP contribution in [0.25, 0.3) is 6.08 Å². The van der Waals surface area contributed by atoms with Crippen molar-refractivity contribution in [3.05, 3.63) is 108 Å². The van der Waals surface area contributed by atoms with Gasteiger partial charge in [-0.3, -0.25) is 4.79 Å². The third-order valence-electron chi connectivity index (χ3n) is 5.71. The van der Waals surface area contributed by atoms with Crippen LogP contribution in [0.5, 0.6) is 5.75 Å². The highest BCUT2D eigenvalue weighted by Crippen LogP contribution is 2.72. The van der Waals surface area contributed by atoms with Crippen molar-refractivity contribution in [2.45, 2.75) is 41.4 Å². The molecule has 0 fully saturated rings. The molecule has 170 valence electrons. The first-order chi connectivity index (χ1) is 15.8. The minimum absolute atomic E-state index is 0.0147. The summed E-state index contributed by atoms with van der Waals surface area (Å²) in [6.45, 7) is 6.65. The summed E-state index contributed by atoms with van der Waals surface area (Å²) in [5.41, 5.74) is 1.58. The topological polar surface area (TPSA) is 35.5 Å². The molecular weight excluding hydrogens is 428 g/mol. The molecule has 3 aromatic rings. The number of ether oxygens (including phenoxy) is 1. The first-order valence-corrected chi connectivity index (χ1v) is 12.6. The second-order valence-electron chi connectivity index (χ2n) is 8.91. The molecule has 0 heterocycles. The molecule has 3 aromatic carbocycles. The molecule has 1 atom stereocenters. The van der Waals surface area contributed by atoms with E-state index in [2.05, 4.69) is 69.3 Å². The average Bonchev–Trinajstić information content (AvgIpc) is 3.17. The smallest absolute Gasteiger partial charge is 0.184 e. The van der Waals surface area contributed by atoms with Crippen LogP contribution in [0.3, 0.4) is 0 Å². The van der Waals surface area contributed by atoms with Gasteiger partial charge < -0.3 is 8.92 Å². The lowest BCUT2D eigenvalue weighted by Crippen LogP contribution is -2.31. The molecule has 33 heavy (non-hydrogen) atoms. The molecule has 0 bridgehead atoms. The van der Waals surface area contributed by atoms with Crippen LogP contribution in [0.15, 0.2) is 112 Å². The molecule has 0 radical (unpaired) electrons. The molecule has 1 unspecified atom stereocenters. The Bertz CT molecular complexity index is 1120. The highest BCUT2D eigenvalue weighted by molar-refractivity contribution is 8.31. The van der Waals surface area contributed by atoms with Crippen LogP contribution in [0.1, 0.15) is 26.3 Å². The van der Waals surface area contributed by atoms with Crippen LogP contribution in [-0.4, -0.2) is 23.7 Å². The number of methoxy groups -OCH3 is 1. The van der Waals surface area contributed by atoms with Crippen LogP contribution < -0.4 is 4.74 Å². The molecule has 0 amide bonds. The zero-order chi connectivity index (χ0) is 23.5. The average molecular weight is 459 g/mol. The van der Waals surface area contributed by atoms with E-state index in [-0.39, 0.29) is 10.5 Å². The van der Waals surface area contributed by atoms with E-state index in [1.165, 1.54) is 0 Å². The first kappa shape index (κ1) is 23.1. The molecule has 0 saturated heterocycles. The van der Waals surface area contributed by atoms with Crippen LogP contribution in [0, 0.1) is 0 Å². The van der Waals surface area contributed by atoms with Gasteiger partial charge in [0.25, 0.3) is 0 Å². The second-order valence-corrected chi connectivity index (χ2v) is 12.4. The predicted octanol–water partition coefficient (Wildman–Crippen LogP) is 7.24. The van der Waals surface area contributed by atoms with Gasteiger partial charge in [-0.05, 0) is 81.0 Å². The molecule has 0 aromatic heterocycles. The molecule has 0 spiro atoms. The van der Waals surface area contributed by atoms with E-state index in [0.29, 0.717) is 5.57 Å². The fourth-order valence-corrected chi connectivity index (χ4v) is 7.87. The van der Waals surface area contributed by atoms with E-state index in [0.717, 1.165) is 21.1 Å². The first-order valence-electron chi connectivity index (χ1n) is 11.0. The van der Waals surface area contributed by atoms with Crippen molar-refractivity contribution in [1.29, 1.82) is 0 Å². The maximum Gasteiger partial charge on any atom is 0.184 e. The van der Waals surface area contributed by atoms with Crippen molar-refractivity contribution in [2.24, 2.45) is 0 Å². The van der Waals surface area contributed by atoms with Crippen molar-refractivity contribution in [3.63, 3.8) is 0 Å². The summed E-state index contributed by atoms with van der Waals surface area (Å²) >= 11 is 0. The van der Waals surface area contributed by atoms with Gasteiger partial charge in [-0.1, -0.05) is 58.8 Å². The van der Waals surface area contributed by atoms with Crippen molar-refractivity contribution in [1.82, 2.24) is 0 Å². The maximum atomic E-state index is 12.9. The monoisotopic (exact) mass is 458 g/mol. The highest BCUT2D eigenvalue weighted by Gasteiger charge is 2.44. The molecule has 4 heteroatoms. The molecular formula is C29H30O3S. The number of rotatable bonds is 6. The molecule has 0 N–H and O–H groups in total. The highest BCUT2D eigenvalue weighted by atomic mass is 32.3. The van der Waals surface area contributed by atoms with E-state index in [4.69, 9.17) is 8.92 Å². The number of hydrogen-bond acceptors (Lipinski definition) is 3. The Morgan fingerprint density at radius 2 is 1.36 bits per heavy atom. The predicted molar refractivity (Wildman–Crippen MR) is 137 cm³/mol. The normalized spacial score (nSPS) is 18.0. The SMILES string of the molecule is COc1ccc(/C=C2\C(=O)C=CC2OS(c2ccccc2)(c2ccccc2)C(C)(C)C)cc1. The zero-order valence-corrected chi connectivity index (χ0v) is 20.3. The maximum absolute atomic E-state index is 12.9. The molecule has 3 nitrogen and oxygen atoms in total. The third kappa shape index (κ3) is 4.54. The molecule has 0 saturated carbocycles. The summed E-state index contributed by atoms with van der Waals surface area (Å²) < 4.78 is 12.2. The molecule has 0 aliphatic heterocycles. The summed E-state index contributed by atoms with van der Waals surface area (Å²) in [5, 5.41) is 0. The second kappa shape index (κ2) is 9.42. The number of allylic oxidation sites excluding steroid dienone is 1. The largest absolute Gasteiger partial charge is 0.497 e. The number of carbonyl (C=O) groups excluding carboxylic acids is 1. The fourth-order valence-electron chi connectivity index (χ4n) is 4.11. The van der Waals surface area contributed by atoms with E-state index in [9.17, 15) is 4.79 Å². The molecule has 4 rings (SSSR count). The minimum Gasteiger partial charge on any atom is -0.497 e. The van der Waals surface area contributed by atoms with E-state index < -0.39 is 16.4 Å². The lowest BCUT2D eigenvalue weighted by Gasteiger charge is -2.51. The van der Waals surface area contributed by atoms with Crippen molar-refractivity contribution < 1.29 is 13.7 Å². The van der Waals surface area contributed by atoms with Gasteiger partial charge >= 0.3 is 0 Å². The van der Waals surface area contributed by atoms with Crippen LogP contribution >= 0.6 is 10.3 Å². The lowest BCUT2D eigenvalue weighted by atomic mass is 10.1. The van der Waals surface area contributed by atoms with Gasteiger partial charge in [0.15, 0.2) is 5.78 Å². The number of benzene rings is 3. The van der Waals surface area contributed by atoms with Crippen molar-refractivity contribution in [3.8, 4) is 5.75 Å². The van der Waals surface area contributed by atoms with Gasteiger partial charge in [0.05, 0.1) is 7.11 Å². The van der Waals surface area contributed by atoms with E-state index in [1.807, 2.05) is 48.6 Å². The molecule has 1 aliphatic carbocycles. The number of carbonyl (C=O) groups is 1. The van der Waals surface area contributed by atoms with Crippen LogP contribution in [0.2, 0.25) is 0 Å². The molecule has 1 aliphatic rings. The summed E-state index contributed by atoms with van der Waals surface area (Å²) in [5.74, 6) is 0.768. The Balaban J connectivity index is 1.82. The third-order valence-corrected chi connectivity index (χ3v) is 9.80.